The topological polar surface area (TPSA) is 96.8 Å². The van der Waals surface area contributed by atoms with E-state index in [1.54, 1.807) is 18.3 Å². The zero-order chi connectivity index (χ0) is 28.4. The van der Waals surface area contributed by atoms with Crippen LogP contribution in [0.5, 0.6) is 0 Å². The van der Waals surface area contributed by atoms with Gasteiger partial charge in [0.15, 0.2) is 17.3 Å². The Hall–Kier alpha value is -3.63. The van der Waals surface area contributed by atoms with E-state index in [4.69, 9.17) is 21.6 Å². The molecule has 3 heterocycles. The summed E-state index contributed by atoms with van der Waals surface area (Å²) in [6.45, 7) is 8.53. The van der Waals surface area contributed by atoms with Crippen LogP contribution in [0, 0.1) is 17.6 Å². The number of benzene rings is 2. The zero-order valence-corrected chi connectivity index (χ0v) is 23.4. The second kappa shape index (κ2) is 11.5. The summed E-state index contributed by atoms with van der Waals surface area (Å²) in [6, 6.07) is 8.96. The molecule has 1 aliphatic rings. The molecule has 0 aliphatic carbocycles. The quantitative estimate of drug-likeness (QED) is 0.270. The van der Waals surface area contributed by atoms with E-state index in [9.17, 15) is 13.6 Å². The minimum Gasteiger partial charge on any atom is -0.350 e. The van der Waals surface area contributed by atoms with Crippen molar-refractivity contribution < 1.29 is 13.6 Å². The fraction of sp³-hybridized carbons (Fsp3) is 0.379. The van der Waals surface area contributed by atoms with E-state index < -0.39 is 11.6 Å². The molecule has 3 N–H and O–H groups in total. The summed E-state index contributed by atoms with van der Waals surface area (Å²) in [5.41, 5.74) is 2.57. The smallest absolute Gasteiger partial charge is 0.251 e. The number of amides is 1. The highest BCUT2D eigenvalue weighted by Crippen LogP contribution is 2.32. The van der Waals surface area contributed by atoms with Gasteiger partial charge in [-0.1, -0.05) is 17.7 Å². The third kappa shape index (κ3) is 6.39. The van der Waals surface area contributed by atoms with Gasteiger partial charge in [0.2, 0.25) is 5.95 Å². The summed E-state index contributed by atoms with van der Waals surface area (Å²) in [6.07, 6.45) is 3.78. The van der Waals surface area contributed by atoms with Crippen molar-refractivity contribution in [1.82, 2.24) is 30.2 Å². The van der Waals surface area contributed by atoms with E-state index in [0.717, 1.165) is 38.1 Å². The molecule has 1 atom stereocenters. The normalized spacial score (nSPS) is 15.8. The molecule has 1 amide bonds. The van der Waals surface area contributed by atoms with Crippen LogP contribution in [0.3, 0.4) is 0 Å². The average Bonchev–Trinajstić information content (AvgIpc) is 3.26. The maximum absolute atomic E-state index is 13.6. The fourth-order valence-corrected chi connectivity index (χ4v) is 5.07. The molecule has 1 saturated heterocycles. The van der Waals surface area contributed by atoms with Crippen molar-refractivity contribution in [3.8, 4) is 11.4 Å². The Labute approximate surface area is 236 Å². The Morgan fingerprint density at radius 3 is 2.67 bits per heavy atom. The van der Waals surface area contributed by atoms with Crippen molar-refractivity contribution in [2.45, 2.75) is 52.2 Å². The lowest BCUT2D eigenvalue weighted by atomic mass is 9.99. The molecule has 11 heteroatoms. The van der Waals surface area contributed by atoms with Crippen LogP contribution in [-0.4, -0.2) is 44.1 Å². The van der Waals surface area contributed by atoms with Crippen LogP contribution in [0.4, 0.5) is 14.7 Å². The first-order valence-corrected chi connectivity index (χ1v) is 13.7. The van der Waals surface area contributed by atoms with Crippen LogP contribution in [0.25, 0.3) is 22.6 Å². The predicted octanol–water partition coefficient (Wildman–Crippen LogP) is 5.56. The summed E-state index contributed by atoms with van der Waals surface area (Å²) >= 11 is 6.74. The van der Waals surface area contributed by atoms with Crippen molar-refractivity contribution in [3.05, 3.63) is 70.4 Å². The Bertz CT molecular complexity index is 1540. The molecule has 0 bridgehead atoms. The van der Waals surface area contributed by atoms with E-state index in [0.29, 0.717) is 57.1 Å². The van der Waals surface area contributed by atoms with Gasteiger partial charge in [0.1, 0.15) is 11.3 Å². The maximum Gasteiger partial charge on any atom is 0.251 e. The summed E-state index contributed by atoms with van der Waals surface area (Å²) in [7, 11) is 0. The molecule has 1 aliphatic heterocycles. The number of hydrogen-bond acceptors (Lipinski definition) is 6. The Kier molecular flexibility index (Phi) is 8.00. The van der Waals surface area contributed by atoms with Gasteiger partial charge in [-0.3, -0.25) is 4.79 Å². The van der Waals surface area contributed by atoms with E-state index >= 15 is 0 Å². The molecule has 1 fully saturated rings. The molecular formula is C29H32ClF2N7O. The average molecular weight is 568 g/mol. The van der Waals surface area contributed by atoms with Gasteiger partial charge in [-0.05, 0) is 88.5 Å². The highest BCUT2D eigenvalue weighted by atomic mass is 35.5. The second-order valence-electron chi connectivity index (χ2n) is 11.2. The Morgan fingerprint density at radius 2 is 1.98 bits per heavy atom. The van der Waals surface area contributed by atoms with E-state index in [2.05, 4.69) is 20.9 Å². The number of halogens is 3. The number of carbonyl (C=O) groups excluding carboxylic acids is 1. The summed E-state index contributed by atoms with van der Waals surface area (Å²) < 4.78 is 29.0. The summed E-state index contributed by atoms with van der Waals surface area (Å²) in [4.78, 5) is 26.7. The van der Waals surface area contributed by atoms with Gasteiger partial charge in [-0.25, -0.2) is 18.7 Å². The third-order valence-corrected chi connectivity index (χ3v) is 7.04. The second-order valence-corrected chi connectivity index (χ2v) is 11.6. The Morgan fingerprint density at radius 1 is 1.15 bits per heavy atom. The summed E-state index contributed by atoms with van der Waals surface area (Å²) in [5.74, 6) is -0.651. The number of carbonyl (C=O) groups is 1. The lowest BCUT2D eigenvalue weighted by molar-refractivity contribution is 0.0919. The number of nitrogens with one attached hydrogen (secondary N) is 3. The minimum absolute atomic E-state index is 0.203. The van der Waals surface area contributed by atoms with Gasteiger partial charge in [-0.2, -0.15) is 4.98 Å². The highest BCUT2D eigenvalue weighted by Gasteiger charge is 2.23. The molecule has 4 aromatic rings. The number of rotatable bonds is 7. The van der Waals surface area contributed by atoms with Gasteiger partial charge in [0, 0.05) is 29.8 Å². The van der Waals surface area contributed by atoms with E-state index in [1.807, 2.05) is 31.4 Å². The first-order chi connectivity index (χ1) is 19.1. The van der Waals surface area contributed by atoms with Crippen molar-refractivity contribution >= 4 is 34.6 Å². The predicted molar refractivity (Wildman–Crippen MR) is 152 cm³/mol. The van der Waals surface area contributed by atoms with Gasteiger partial charge >= 0.3 is 0 Å². The number of hydrogen-bond donors (Lipinski definition) is 3. The lowest BCUT2D eigenvalue weighted by Crippen LogP contribution is -2.40. The molecule has 0 saturated carbocycles. The van der Waals surface area contributed by atoms with Crippen molar-refractivity contribution in [3.63, 3.8) is 0 Å². The fourth-order valence-electron chi connectivity index (χ4n) is 4.80. The Balaban J connectivity index is 1.49. The van der Waals surface area contributed by atoms with Gasteiger partial charge < -0.3 is 20.5 Å². The first-order valence-electron chi connectivity index (χ1n) is 13.3. The lowest BCUT2D eigenvalue weighted by Gasteiger charge is -2.24. The van der Waals surface area contributed by atoms with Crippen LogP contribution in [0.2, 0.25) is 5.02 Å². The number of anilines is 1. The number of aromatic nitrogens is 4. The van der Waals surface area contributed by atoms with E-state index in [1.165, 1.54) is 6.07 Å². The molecule has 0 unspecified atom stereocenters. The minimum atomic E-state index is -0.904. The molecule has 0 spiro atoms. The largest absolute Gasteiger partial charge is 0.350 e. The van der Waals surface area contributed by atoms with Crippen molar-refractivity contribution in [2.75, 3.05) is 18.4 Å². The number of imidazole rings is 1. The van der Waals surface area contributed by atoms with Crippen LogP contribution in [-0.2, 0) is 13.1 Å². The molecule has 2 aromatic carbocycles. The molecule has 5 rings (SSSR count). The molecule has 210 valence electrons. The standard InChI is InChI=1S/C29H32ClF2N7O/c1-29(2,3)38-27(40)19-7-8-20(21(30)12-19)25-36-24-15-35-28(34-14-17-6-9-22(31)23(32)11-17)37-26(24)39(25)16-18-5-4-10-33-13-18/h6-9,11-12,15,18,33H,4-5,10,13-14,16H2,1-3H3,(H,38,40)(H,34,35,37)/t18-/m1/s1. The van der Waals surface area contributed by atoms with Crippen LogP contribution >= 0.6 is 11.6 Å². The number of piperidine rings is 1. The molecule has 0 radical (unpaired) electrons. The number of nitrogens with zero attached hydrogens (tertiary/aromatic N) is 4. The van der Waals surface area contributed by atoms with Gasteiger partial charge in [-0.15, -0.1) is 0 Å². The van der Waals surface area contributed by atoms with Crippen molar-refractivity contribution in [2.24, 2.45) is 5.92 Å². The van der Waals surface area contributed by atoms with E-state index in [-0.39, 0.29) is 18.0 Å². The monoisotopic (exact) mass is 567 g/mol. The number of fused-ring (bicyclic) bond motifs is 1. The third-order valence-electron chi connectivity index (χ3n) is 6.72. The molecule has 8 nitrogen and oxygen atoms in total. The molecule has 2 aromatic heterocycles. The van der Waals surface area contributed by atoms with Crippen LogP contribution < -0.4 is 16.0 Å². The SMILES string of the molecule is CC(C)(C)NC(=O)c1ccc(-c2nc3cnc(NCc4ccc(F)c(F)c4)nc3n2C[C@@H]2CCCNC2)c(Cl)c1. The van der Waals surface area contributed by atoms with Gasteiger partial charge in [0.25, 0.3) is 5.91 Å². The van der Waals surface area contributed by atoms with Crippen LogP contribution in [0.15, 0.2) is 42.6 Å². The molecule has 40 heavy (non-hydrogen) atoms. The first kappa shape index (κ1) is 27.9. The molecular weight excluding hydrogens is 536 g/mol. The zero-order valence-electron chi connectivity index (χ0n) is 22.7. The maximum atomic E-state index is 13.6. The van der Waals surface area contributed by atoms with Crippen molar-refractivity contribution in [1.29, 1.82) is 0 Å². The summed E-state index contributed by atoms with van der Waals surface area (Å²) in [5, 5.41) is 9.91. The highest BCUT2D eigenvalue weighted by molar-refractivity contribution is 6.33. The van der Waals surface area contributed by atoms with Crippen LogP contribution in [0.1, 0.15) is 49.5 Å². The van der Waals surface area contributed by atoms with Gasteiger partial charge in [0.05, 0.1) is 11.2 Å².